The molecule has 0 fully saturated rings. The molecular formula is C26H21N3O4. The average molecular weight is 439 g/mol. The third-order valence-electron chi connectivity index (χ3n) is 5.64. The lowest BCUT2D eigenvalue weighted by Gasteiger charge is -2.21. The van der Waals surface area contributed by atoms with E-state index in [9.17, 15) is 20.1 Å². The van der Waals surface area contributed by atoms with Gasteiger partial charge in [0.05, 0.1) is 17.8 Å². The molecule has 1 amide bonds. The third kappa shape index (κ3) is 4.21. The van der Waals surface area contributed by atoms with E-state index in [0.29, 0.717) is 29.9 Å². The number of carbonyl (C=O) groups is 1. The first kappa shape index (κ1) is 20.5. The molecule has 4 aromatic rings. The fourth-order valence-corrected chi connectivity index (χ4v) is 4.01. The van der Waals surface area contributed by atoms with Crippen molar-refractivity contribution in [2.45, 2.75) is 19.3 Å². The number of benzene rings is 3. The van der Waals surface area contributed by atoms with Gasteiger partial charge in [-0.15, -0.1) is 0 Å². The number of phenolic OH excluding ortho intramolecular Hbond substituents is 3. The number of nitrogens with one attached hydrogen (secondary N) is 1. The minimum Gasteiger partial charge on any atom is -0.508 e. The summed E-state index contributed by atoms with van der Waals surface area (Å²) in [6.07, 6.45) is 1.47. The number of fused-ring (bicyclic) bond motifs is 3. The standard InChI is InChI=1S/C26H21N3O4/c30-18-6-1-15(2-7-18)13-23(33)28-26-24(16-3-8-19(31)9-4-16)29-25-21-11-10-20(32)14-17(21)5-12-22(25)27-26/h1-4,6-11,14,30-32H,5,12-13H2,(H,27,28,33). The SMILES string of the molecule is O=C(Cc1ccc(O)cc1)Nc1nc2c(nc1-c1ccc(O)cc1)-c1ccc(O)cc1CC2. The normalized spacial score (nSPS) is 12.0. The van der Waals surface area contributed by atoms with E-state index < -0.39 is 0 Å². The number of hydrogen-bond donors (Lipinski definition) is 4. The molecule has 1 aromatic heterocycles. The molecule has 0 aliphatic heterocycles. The molecule has 164 valence electrons. The van der Waals surface area contributed by atoms with Crippen LogP contribution in [0, 0.1) is 0 Å². The third-order valence-corrected chi connectivity index (χ3v) is 5.64. The number of nitrogens with zero attached hydrogens (tertiary/aromatic N) is 2. The molecule has 33 heavy (non-hydrogen) atoms. The summed E-state index contributed by atoms with van der Waals surface area (Å²) in [4.78, 5) is 22.5. The van der Waals surface area contributed by atoms with Crippen LogP contribution in [0.4, 0.5) is 5.82 Å². The Bertz CT molecular complexity index is 1350. The van der Waals surface area contributed by atoms with Crippen LogP contribution in [0.25, 0.3) is 22.5 Å². The Morgan fingerprint density at radius 2 is 1.45 bits per heavy atom. The van der Waals surface area contributed by atoms with Crippen LogP contribution in [-0.4, -0.2) is 31.2 Å². The van der Waals surface area contributed by atoms with Gasteiger partial charge in [-0.1, -0.05) is 12.1 Å². The average Bonchev–Trinajstić information content (AvgIpc) is 2.80. The topological polar surface area (TPSA) is 116 Å². The number of anilines is 1. The number of aromatic hydroxyl groups is 3. The van der Waals surface area contributed by atoms with Crippen LogP contribution in [0.3, 0.4) is 0 Å². The second kappa shape index (κ2) is 8.27. The summed E-state index contributed by atoms with van der Waals surface area (Å²) in [7, 11) is 0. The van der Waals surface area contributed by atoms with Gasteiger partial charge in [-0.2, -0.15) is 0 Å². The fourth-order valence-electron chi connectivity index (χ4n) is 4.01. The Hall–Kier alpha value is -4.39. The van der Waals surface area contributed by atoms with Crippen molar-refractivity contribution in [3.05, 3.63) is 83.6 Å². The Morgan fingerprint density at radius 3 is 2.18 bits per heavy atom. The molecule has 0 unspecified atom stereocenters. The molecule has 7 nitrogen and oxygen atoms in total. The summed E-state index contributed by atoms with van der Waals surface area (Å²) in [6, 6.07) is 18.2. The first-order valence-corrected chi connectivity index (χ1v) is 10.6. The number of aromatic nitrogens is 2. The second-order valence-electron chi connectivity index (χ2n) is 8.00. The van der Waals surface area contributed by atoms with Crippen LogP contribution in [0.5, 0.6) is 17.2 Å². The lowest BCUT2D eigenvalue weighted by atomic mass is 9.91. The lowest BCUT2D eigenvalue weighted by Crippen LogP contribution is -2.18. The maximum absolute atomic E-state index is 12.8. The molecular weight excluding hydrogens is 418 g/mol. The zero-order valence-electron chi connectivity index (χ0n) is 17.6. The van der Waals surface area contributed by atoms with Gasteiger partial charge in [0.1, 0.15) is 22.9 Å². The Labute approximate surface area is 190 Å². The van der Waals surface area contributed by atoms with Crippen molar-refractivity contribution in [2.24, 2.45) is 0 Å². The first-order chi connectivity index (χ1) is 16.0. The quantitative estimate of drug-likeness (QED) is 0.379. The Morgan fingerprint density at radius 1 is 0.788 bits per heavy atom. The van der Waals surface area contributed by atoms with Gasteiger partial charge in [0.2, 0.25) is 5.91 Å². The highest BCUT2D eigenvalue weighted by Gasteiger charge is 2.23. The number of phenols is 3. The number of amides is 1. The Kier molecular flexibility index (Phi) is 5.14. The predicted molar refractivity (Wildman–Crippen MR) is 124 cm³/mol. The van der Waals surface area contributed by atoms with E-state index in [4.69, 9.17) is 9.97 Å². The maximum atomic E-state index is 12.8. The summed E-state index contributed by atoms with van der Waals surface area (Å²) in [6.45, 7) is 0. The zero-order chi connectivity index (χ0) is 22.9. The van der Waals surface area contributed by atoms with Gasteiger partial charge >= 0.3 is 0 Å². The van der Waals surface area contributed by atoms with Gasteiger partial charge < -0.3 is 20.6 Å². The van der Waals surface area contributed by atoms with Crippen molar-refractivity contribution in [3.63, 3.8) is 0 Å². The zero-order valence-corrected chi connectivity index (χ0v) is 17.6. The molecule has 3 aromatic carbocycles. The van der Waals surface area contributed by atoms with Crippen LogP contribution < -0.4 is 5.32 Å². The molecule has 7 heteroatoms. The van der Waals surface area contributed by atoms with Gasteiger partial charge in [0, 0.05) is 11.1 Å². The van der Waals surface area contributed by atoms with Crippen molar-refractivity contribution in [1.82, 2.24) is 9.97 Å². The number of aryl methyl sites for hydroxylation is 2. The molecule has 1 aliphatic rings. The molecule has 0 spiro atoms. The van der Waals surface area contributed by atoms with E-state index >= 15 is 0 Å². The van der Waals surface area contributed by atoms with Crippen molar-refractivity contribution < 1.29 is 20.1 Å². The van der Waals surface area contributed by atoms with Crippen LogP contribution in [0.2, 0.25) is 0 Å². The lowest BCUT2D eigenvalue weighted by molar-refractivity contribution is -0.115. The summed E-state index contributed by atoms with van der Waals surface area (Å²) in [5, 5.41) is 31.9. The number of carbonyl (C=O) groups excluding carboxylic acids is 1. The van der Waals surface area contributed by atoms with Crippen molar-refractivity contribution in [1.29, 1.82) is 0 Å². The molecule has 0 saturated carbocycles. The molecule has 5 rings (SSSR count). The van der Waals surface area contributed by atoms with Gasteiger partial charge in [-0.3, -0.25) is 4.79 Å². The van der Waals surface area contributed by atoms with Crippen LogP contribution >= 0.6 is 0 Å². The van der Waals surface area contributed by atoms with Gasteiger partial charge in [-0.05, 0) is 78.6 Å². The molecule has 1 heterocycles. The minimum absolute atomic E-state index is 0.121. The predicted octanol–water partition coefficient (Wildman–Crippen LogP) is 4.21. The smallest absolute Gasteiger partial charge is 0.230 e. The first-order valence-electron chi connectivity index (χ1n) is 10.6. The van der Waals surface area contributed by atoms with Crippen LogP contribution in [0.15, 0.2) is 66.7 Å². The van der Waals surface area contributed by atoms with E-state index in [1.54, 1.807) is 60.7 Å². The van der Waals surface area contributed by atoms with Crippen molar-refractivity contribution in [3.8, 4) is 39.8 Å². The van der Waals surface area contributed by atoms with Crippen LogP contribution in [-0.2, 0) is 24.1 Å². The summed E-state index contributed by atoms with van der Waals surface area (Å²) >= 11 is 0. The van der Waals surface area contributed by atoms with E-state index in [0.717, 1.165) is 28.1 Å². The molecule has 1 aliphatic carbocycles. The van der Waals surface area contributed by atoms with Crippen molar-refractivity contribution >= 4 is 11.7 Å². The Balaban J connectivity index is 1.55. The van der Waals surface area contributed by atoms with E-state index in [1.807, 2.05) is 6.07 Å². The minimum atomic E-state index is -0.254. The van der Waals surface area contributed by atoms with Gasteiger partial charge in [0.25, 0.3) is 0 Å². The van der Waals surface area contributed by atoms with Crippen molar-refractivity contribution in [2.75, 3.05) is 5.32 Å². The maximum Gasteiger partial charge on any atom is 0.230 e. The van der Waals surface area contributed by atoms with E-state index in [-0.39, 0.29) is 29.6 Å². The van der Waals surface area contributed by atoms with Gasteiger partial charge in [-0.25, -0.2) is 9.97 Å². The highest BCUT2D eigenvalue weighted by molar-refractivity contribution is 5.95. The highest BCUT2D eigenvalue weighted by atomic mass is 16.3. The van der Waals surface area contributed by atoms with Crippen LogP contribution in [0.1, 0.15) is 16.8 Å². The van der Waals surface area contributed by atoms with E-state index in [2.05, 4.69) is 5.32 Å². The monoisotopic (exact) mass is 439 g/mol. The fraction of sp³-hybridized carbons (Fsp3) is 0.115. The summed E-state index contributed by atoms with van der Waals surface area (Å²) in [5.41, 5.74) is 5.35. The molecule has 0 saturated heterocycles. The van der Waals surface area contributed by atoms with Gasteiger partial charge in [0.15, 0.2) is 5.82 Å². The van der Waals surface area contributed by atoms with E-state index in [1.165, 1.54) is 0 Å². The number of hydrogen-bond acceptors (Lipinski definition) is 6. The highest BCUT2D eigenvalue weighted by Crippen LogP contribution is 2.37. The number of rotatable bonds is 4. The molecule has 0 bridgehead atoms. The second-order valence-corrected chi connectivity index (χ2v) is 8.00. The largest absolute Gasteiger partial charge is 0.508 e. The molecule has 4 N–H and O–H groups in total. The molecule has 0 radical (unpaired) electrons. The summed E-state index contributed by atoms with van der Waals surface area (Å²) < 4.78 is 0. The summed E-state index contributed by atoms with van der Waals surface area (Å²) in [5.74, 6) is 0.579. The molecule has 0 atom stereocenters.